The van der Waals surface area contributed by atoms with E-state index in [1.54, 1.807) is 0 Å². The maximum Gasteiger partial charge on any atom is 0.0893 e. The molecule has 0 aromatic heterocycles. The van der Waals surface area contributed by atoms with Gasteiger partial charge in [-0.05, 0) is 56.3 Å². The summed E-state index contributed by atoms with van der Waals surface area (Å²) in [5, 5.41) is 4.34. The molecule has 1 heterocycles. The molecule has 0 radical (unpaired) electrons. The standard InChI is InChI=1S/C27H31N2P/c1-28-24-18-10-11-19-25(24)29(2)27(28)23-17-9-12-20-26(23)30(21-13-5-3-6-14-21)22-15-7-4-8-16-22/h3-9,12-17,20,24-25,27H,10-11,18-19H2,1-2H3/t24-,25-/m0/s1. The highest BCUT2D eigenvalue weighted by atomic mass is 31.1. The van der Waals surface area contributed by atoms with Crippen LogP contribution in [-0.2, 0) is 0 Å². The van der Waals surface area contributed by atoms with E-state index in [2.05, 4.69) is 109 Å². The lowest BCUT2D eigenvalue weighted by Crippen LogP contribution is -2.37. The first kappa shape index (κ1) is 19.9. The van der Waals surface area contributed by atoms with E-state index in [-0.39, 0.29) is 0 Å². The topological polar surface area (TPSA) is 6.48 Å². The Morgan fingerprint density at radius 3 is 1.63 bits per heavy atom. The predicted octanol–water partition coefficient (Wildman–Crippen LogP) is 4.63. The molecule has 0 bridgehead atoms. The van der Waals surface area contributed by atoms with Crippen LogP contribution >= 0.6 is 7.92 Å². The van der Waals surface area contributed by atoms with Crippen LogP contribution in [0, 0.1) is 0 Å². The van der Waals surface area contributed by atoms with E-state index in [1.165, 1.54) is 47.2 Å². The van der Waals surface area contributed by atoms with Gasteiger partial charge in [0, 0.05) is 12.1 Å². The van der Waals surface area contributed by atoms with Crippen molar-refractivity contribution in [2.75, 3.05) is 14.1 Å². The van der Waals surface area contributed by atoms with Gasteiger partial charge in [0.1, 0.15) is 0 Å². The van der Waals surface area contributed by atoms with Crippen LogP contribution in [0.2, 0.25) is 0 Å². The molecule has 0 spiro atoms. The van der Waals surface area contributed by atoms with Crippen molar-refractivity contribution in [3.8, 4) is 0 Å². The molecule has 0 unspecified atom stereocenters. The van der Waals surface area contributed by atoms with Crippen molar-refractivity contribution in [1.82, 2.24) is 9.80 Å². The van der Waals surface area contributed by atoms with Gasteiger partial charge < -0.3 is 0 Å². The highest BCUT2D eigenvalue weighted by Gasteiger charge is 2.45. The van der Waals surface area contributed by atoms with E-state index in [9.17, 15) is 0 Å². The van der Waals surface area contributed by atoms with E-state index in [0.717, 1.165) is 0 Å². The Morgan fingerprint density at radius 1 is 0.633 bits per heavy atom. The van der Waals surface area contributed by atoms with Gasteiger partial charge in [-0.15, -0.1) is 0 Å². The smallest absolute Gasteiger partial charge is 0.0893 e. The summed E-state index contributed by atoms with van der Waals surface area (Å²) in [7, 11) is 4.10. The summed E-state index contributed by atoms with van der Waals surface area (Å²) in [6, 6.07) is 32.7. The van der Waals surface area contributed by atoms with Crippen molar-refractivity contribution in [2.24, 2.45) is 0 Å². The molecule has 2 nitrogen and oxygen atoms in total. The van der Waals surface area contributed by atoms with Crippen molar-refractivity contribution in [3.05, 3.63) is 90.5 Å². The molecule has 3 heteroatoms. The Kier molecular flexibility index (Phi) is 5.74. The lowest BCUT2D eigenvalue weighted by molar-refractivity contribution is 0.165. The van der Waals surface area contributed by atoms with Crippen molar-refractivity contribution >= 4 is 23.8 Å². The number of hydrogen-bond acceptors (Lipinski definition) is 2. The molecule has 3 aromatic rings. The van der Waals surface area contributed by atoms with Crippen LogP contribution in [0.5, 0.6) is 0 Å². The fourth-order valence-electron chi connectivity index (χ4n) is 5.62. The van der Waals surface area contributed by atoms with Crippen molar-refractivity contribution in [3.63, 3.8) is 0 Å². The second-order valence-electron chi connectivity index (χ2n) is 8.69. The maximum atomic E-state index is 2.66. The van der Waals surface area contributed by atoms with Gasteiger partial charge in [0.05, 0.1) is 6.17 Å². The van der Waals surface area contributed by atoms with Crippen molar-refractivity contribution in [1.29, 1.82) is 0 Å². The molecule has 2 aliphatic rings. The SMILES string of the molecule is CN1C(c2ccccc2P(c2ccccc2)c2ccccc2)N(C)[C@H]2CCCC[C@@H]21. The second kappa shape index (κ2) is 8.63. The molecule has 3 aromatic carbocycles. The van der Waals surface area contributed by atoms with Gasteiger partial charge in [-0.3, -0.25) is 9.80 Å². The molecule has 0 amide bonds. The number of likely N-dealkylation sites (N-methyl/N-ethyl adjacent to an activating group) is 2. The van der Waals surface area contributed by atoms with Gasteiger partial charge in [0.25, 0.3) is 0 Å². The Hall–Kier alpha value is -1.99. The Morgan fingerprint density at radius 2 is 1.10 bits per heavy atom. The summed E-state index contributed by atoms with van der Waals surface area (Å²) < 4.78 is 0. The summed E-state index contributed by atoms with van der Waals surface area (Å²) in [5.74, 6) is 0. The molecular formula is C27H31N2P. The van der Waals surface area contributed by atoms with E-state index in [0.29, 0.717) is 18.2 Å². The van der Waals surface area contributed by atoms with Crippen LogP contribution in [0.15, 0.2) is 84.9 Å². The molecule has 0 N–H and O–H groups in total. The summed E-state index contributed by atoms with van der Waals surface area (Å²) in [6.45, 7) is 0. The first-order valence-corrected chi connectivity index (χ1v) is 12.5. The van der Waals surface area contributed by atoms with Crippen LogP contribution in [0.1, 0.15) is 37.4 Å². The fraction of sp³-hybridized carbons (Fsp3) is 0.333. The van der Waals surface area contributed by atoms with Crippen molar-refractivity contribution < 1.29 is 0 Å². The zero-order valence-electron chi connectivity index (χ0n) is 18.0. The van der Waals surface area contributed by atoms with Gasteiger partial charge in [-0.25, -0.2) is 0 Å². The average molecular weight is 415 g/mol. The zero-order chi connectivity index (χ0) is 20.5. The zero-order valence-corrected chi connectivity index (χ0v) is 18.9. The minimum absolute atomic E-state index is 0.353. The second-order valence-corrected chi connectivity index (χ2v) is 10.9. The first-order valence-electron chi connectivity index (χ1n) is 11.2. The molecular weight excluding hydrogens is 383 g/mol. The van der Waals surface area contributed by atoms with Crippen LogP contribution in [-0.4, -0.2) is 36.0 Å². The summed E-state index contributed by atoms with van der Waals surface area (Å²) in [4.78, 5) is 5.32. The first-order chi connectivity index (χ1) is 14.8. The minimum Gasteiger partial charge on any atom is -0.283 e. The highest BCUT2D eigenvalue weighted by molar-refractivity contribution is 7.79. The lowest BCUT2D eigenvalue weighted by Gasteiger charge is -2.31. The van der Waals surface area contributed by atoms with Crippen LogP contribution in [0.25, 0.3) is 0 Å². The number of rotatable bonds is 4. The van der Waals surface area contributed by atoms with Gasteiger partial charge >= 0.3 is 0 Å². The molecule has 1 saturated carbocycles. The molecule has 2 fully saturated rings. The third kappa shape index (κ3) is 3.52. The van der Waals surface area contributed by atoms with E-state index in [4.69, 9.17) is 0 Å². The quantitative estimate of drug-likeness (QED) is 0.575. The Balaban J connectivity index is 1.63. The number of benzene rings is 3. The average Bonchev–Trinajstić information content (AvgIpc) is 3.06. The molecule has 5 rings (SSSR count). The number of hydrogen-bond donors (Lipinski definition) is 0. The molecule has 1 saturated heterocycles. The van der Waals surface area contributed by atoms with Crippen LogP contribution in [0.4, 0.5) is 0 Å². The number of fused-ring (bicyclic) bond motifs is 1. The minimum atomic E-state index is -0.596. The highest BCUT2D eigenvalue weighted by Crippen LogP contribution is 2.44. The predicted molar refractivity (Wildman–Crippen MR) is 129 cm³/mol. The molecule has 1 aliphatic heterocycles. The van der Waals surface area contributed by atoms with Crippen LogP contribution < -0.4 is 15.9 Å². The molecule has 1 aliphatic carbocycles. The Bertz CT molecular complexity index is 917. The van der Waals surface area contributed by atoms with E-state index >= 15 is 0 Å². The largest absolute Gasteiger partial charge is 0.283 e. The monoisotopic (exact) mass is 414 g/mol. The third-order valence-electron chi connectivity index (χ3n) is 7.00. The normalized spacial score (nSPS) is 23.0. The third-order valence-corrected chi connectivity index (χ3v) is 9.51. The lowest BCUT2D eigenvalue weighted by atomic mass is 9.91. The Labute approximate surface area is 182 Å². The fourth-order valence-corrected chi connectivity index (χ4v) is 8.10. The van der Waals surface area contributed by atoms with Gasteiger partial charge in [-0.2, -0.15) is 0 Å². The van der Waals surface area contributed by atoms with Crippen molar-refractivity contribution in [2.45, 2.75) is 43.9 Å². The van der Waals surface area contributed by atoms with Gasteiger partial charge in [0.2, 0.25) is 0 Å². The van der Waals surface area contributed by atoms with E-state index in [1.807, 2.05) is 0 Å². The van der Waals surface area contributed by atoms with Gasteiger partial charge in [-0.1, -0.05) is 97.8 Å². The maximum absolute atomic E-state index is 2.66. The molecule has 30 heavy (non-hydrogen) atoms. The summed E-state index contributed by atoms with van der Waals surface area (Å²) in [6.07, 6.45) is 5.75. The number of nitrogens with zero attached hydrogens (tertiary/aromatic N) is 2. The summed E-state index contributed by atoms with van der Waals surface area (Å²) >= 11 is 0. The molecule has 2 atom stereocenters. The van der Waals surface area contributed by atoms with E-state index < -0.39 is 7.92 Å². The summed E-state index contributed by atoms with van der Waals surface area (Å²) in [5.41, 5.74) is 1.48. The van der Waals surface area contributed by atoms with Gasteiger partial charge in [0.15, 0.2) is 0 Å². The molecule has 154 valence electrons. The van der Waals surface area contributed by atoms with Crippen LogP contribution in [0.3, 0.4) is 0 Å².